The molecule has 2 amide bonds. The molecule has 0 N–H and O–H groups in total. The monoisotopic (exact) mass is 514 g/mol. The normalized spacial score (nSPS) is 14.2. The average molecular weight is 515 g/mol. The van der Waals surface area contributed by atoms with E-state index in [0.717, 1.165) is 28.0 Å². The van der Waals surface area contributed by atoms with Crippen molar-refractivity contribution in [3.05, 3.63) is 89.5 Å². The third kappa shape index (κ3) is 6.94. The number of rotatable bonds is 6. The fourth-order valence-corrected chi connectivity index (χ4v) is 4.70. The van der Waals surface area contributed by atoms with Gasteiger partial charge in [0.05, 0.1) is 7.11 Å². The molecule has 4 rings (SSSR count). The summed E-state index contributed by atoms with van der Waals surface area (Å²) in [6.07, 6.45) is 1.13. The standard InChI is InChI=1S/C32H38N2O4/c1-23-6-10-27(11-7-23)30(35)34(28-18-20-33(21-19-28)31(36)38-32(2,3)4)22-24-8-12-25(13-9-24)26-14-16-29(37-5)17-15-26/h6-17,28H,18-22H2,1-5H3. The van der Waals surface area contributed by atoms with E-state index in [1.807, 2.05) is 81.1 Å². The molecule has 1 heterocycles. The van der Waals surface area contributed by atoms with Crippen molar-refractivity contribution >= 4 is 12.0 Å². The van der Waals surface area contributed by atoms with Gasteiger partial charge in [0, 0.05) is 31.2 Å². The van der Waals surface area contributed by atoms with Crippen molar-refractivity contribution in [1.29, 1.82) is 0 Å². The van der Waals surface area contributed by atoms with Gasteiger partial charge in [-0.15, -0.1) is 0 Å². The summed E-state index contributed by atoms with van der Waals surface area (Å²) in [7, 11) is 1.66. The van der Waals surface area contributed by atoms with E-state index in [1.54, 1.807) is 12.0 Å². The molecule has 0 bridgehead atoms. The zero-order chi connectivity index (χ0) is 27.3. The largest absolute Gasteiger partial charge is 0.497 e. The maximum Gasteiger partial charge on any atom is 0.410 e. The molecular formula is C32H38N2O4. The Morgan fingerprint density at radius 1 is 0.868 bits per heavy atom. The second kappa shape index (κ2) is 11.7. The van der Waals surface area contributed by atoms with Gasteiger partial charge in [0.25, 0.3) is 5.91 Å². The number of carbonyl (C=O) groups excluding carboxylic acids is 2. The van der Waals surface area contributed by atoms with Crippen molar-refractivity contribution in [3.63, 3.8) is 0 Å². The summed E-state index contributed by atoms with van der Waals surface area (Å²) in [5.74, 6) is 0.841. The number of hydrogen-bond donors (Lipinski definition) is 0. The Labute approximate surface area is 226 Å². The average Bonchev–Trinajstić information content (AvgIpc) is 2.91. The van der Waals surface area contributed by atoms with Crippen molar-refractivity contribution < 1.29 is 19.1 Å². The van der Waals surface area contributed by atoms with Crippen molar-refractivity contribution in [1.82, 2.24) is 9.80 Å². The van der Waals surface area contributed by atoms with Crippen LogP contribution in [0.15, 0.2) is 72.8 Å². The van der Waals surface area contributed by atoms with Crippen LogP contribution in [0.1, 0.15) is 55.1 Å². The van der Waals surface area contributed by atoms with Gasteiger partial charge >= 0.3 is 6.09 Å². The molecule has 1 aliphatic heterocycles. The molecule has 1 aliphatic rings. The second-order valence-electron chi connectivity index (χ2n) is 10.9. The minimum absolute atomic E-state index is 0.0138. The fraction of sp³-hybridized carbons (Fsp3) is 0.375. The Kier molecular flexibility index (Phi) is 8.40. The van der Waals surface area contributed by atoms with Crippen LogP contribution in [0.5, 0.6) is 5.75 Å². The number of hydrogen-bond acceptors (Lipinski definition) is 4. The number of likely N-dealkylation sites (tertiary alicyclic amines) is 1. The van der Waals surface area contributed by atoms with Crippen molar-refractivity contribution in [2.75, 3.05) is 20.2 Å². The number of benzene rings is 3. The molecule has 38 heavy (non-hydrogen) atoms. The van der Waals surface area contributed by atoms with Crippen LogP contribution in [-0.2, 0) is 11.3 Å². The summed E-state index contributed by atoms with van der Waals surface area (Å²) >= 11 is 0. The first kappa shape index (κ1) is 27.2. The van der Waals surface area contributed by atoms with E-state index in [0.29, 0.717) is 38.0 Å². The molecule has 1 fully saturated rings. The number of amides is 2. The molecule has 3 aromatic carbocycles. The minimum atomic E-state index is -0.528. The summed E-state index contributed by atoms with van der Waals surface area (Å²) in [5, 5.41) is 0. The third-order valence-corrected chi connectivity index (χ3v) is 6.85. The van der Waals surface area contributed by atoms with Gasteiger partial charge in [-0.2, -0.15) is 0 Å². The first-order valence-corrected chi connectivity index (χ1v) is 13.2. The van der Waals surface area contributed by atoms with Gasteiger partial charge in [-0.05, 0) is 81.5 Å². The van der Waals surface area contributed by atoms with Gasteiger partial charge in [-0.25, -0.2) is 4.79 Å². The van der Waals surface area contributed by atoms with E-state index in [1.165, 1.54) is 0 Å². The van der Waals surface area contributed by atoms with Crippen molar-refractivity contribution in [3.8, 4) is 16.9 Å². The molecule has 6 nitrogen and oxygen atoms in total. The molecule has 0 radical (unpaired) electrons. The van der Waals surface area contributed by atoms with Crippen LogP contribution in [-0.4, -0.2) is 53.6 Å². The van der Waals surface area contributed by atoms with Gasteiger partial charge in [0.2, 0.25) is 0 Å². The van der Waals surface area contributed by atoms with Crippen LogP contribution in [0.2, 0.25) is 0 Å². The number of nitrogens with zero attached hydrogens (tertiary/aromatic N) is 2. The maximum atomic E-state index is 13.7. The highest BCUT2D eigenvalue weighted by Crippen LogP contribution is 2.26. The van der Waals surface area contributed by atoms with Crippen LogP contribution in [0.4, 0.5) is 4.79 Å². The molecule has 0 saturated carbocycles. The summed E-state index contributed by atoms with van der Waals surface area (Å²) in [6.45, 7) is 9.27. The summed E-state index contributed by atoms with van der Waals surface area (Å²) in [4.78, 5) is 30.0. The zero-order valence-corrected chi connectivity index (χ0v) is 23.1. The molecule has 3 aromatic rings. The lowest BCUT2D eigenvalue weighted by Gasteiger charge is -2.39. The maximum absolute atomic E-state index is 13.7. The Morgan fingerprint density at radius 3 is 1.95 bits per heavy atom. The lowest BCUT2D eigenvalue weighted by molar-refractivity contribution is 0.0141. The van der Waals surface area contributed by atoms with Gasteiger partial charge in [-0.3, -0.25) is 4.79 Å². The predicted octanol–water partition coefficient (Wildman–Crippen LogP) is 6.71. The predicted molar refractivity (Wildman–Crippen MR) is 150 cm³/mol. The molecule has 0 atom stereocenters. The number of aryl methyl sites for hydroxylation is 1. The Balaban J connectivity index is 1.50. The van der Waals surface area contributed by atoms with Gasteiger partial charge in [0.15, 0.2) is 0 Å². The molecule has 0 aliphatic carbocycles. The topological polar surface area (TPSA) is 59.1 Å². The van der Waals surface area contributed by atoms with Crippen LogP contribution in [0, 0.1) is 6.92 Å². The third-order valence-electron chi connectivity index (χ3n) is 6.85. The Hall–Kier alpha value is -3.80. The molecule has 200 valence electrons. The zero-order valence-electron chi connectivity index (χ0n) is 23.1. The first-order chi connectivity index (χ1) is 18.1. The molecule has 0 spiro atoms. The Morgan fingerprint density at radius 2 is 1.42 bits per heavy atom. The molecule has 0 aromatic heterocycles. The lowest BCUT2D eigenvalue weighted by Crippen LogP contribution is -2.49. The van der Waals surface area contributed by atoms with Gasteiger partial charge in [-0.1, -0.05) is 54.1 Å². The quantitative estimate of drug-likeness (QED) is 0.367. The van der Waals surface area contributed by atoms with Crippen LogP contribution >= 0.6 is 0 Å². The summed E-state index contributed by atoms with van der Waals surface area (Å²) in [6, 6.07) is 24.1. The number of carbonyl (C=O) groups is 2. The second-order valence-corrected chi connectivity index (χ2v) is 10.9. The van der Waals surface area contributed by atoms with Crippen molar-refractivity contribution in [2.24, 2.45) is 0 Å². The van der Waals surface area contributed by atoms with Crippen LogP contribution in [0.3, 0.4) is 0 Å². The van der Waals surface area contributed by atoms with E-state index in [2.05, 4.69) is 24.3 Å². The number of piperidine rings is 1. The highest BCUT2D eigenvalue weighted by Gasteiger charge is 2.32. The number of methoxy groups -OCH3 is 1. The van der Waals surface area contributed by atoms with Crippen molar-refractivity contribution in [2.45, 2.75) is 58.7 Å². The number of ether oxygens (including phenoxy) is 2. The van der Waals surface area contributed by atoms with E-state index in [-0.39, 0.29) is 18.0 Å². The minimum Gasteiger partial charge on any atom is -0.497 e. The van der Waals surface area contributed by atoms with E-state index >= 15 is 0 Å². The Bertz CT molecular complexity index is 1220. The first-order valence-electron chi connectivity index (χ1n) is 13.2. The van der Waals surface area contributed by atoms with E-state index in [4.69, 9.17) is 9.47 Å². The summed E-state index contributed by atoms with van der Waals surface area (Å²) in [5.41, 5.74) is 4.56. The molecule has 6 heteroatoms. The summed E-state index contributed by atoms with van der Waals surface area (Å²) < 4.78 is 10.8. The molecular weight excluding hydrogens is 476 g/mol. The molecule has 1 saturated heterocycles. The highest BCUT2D eigenvalue weighted by molar-refractivity contribution is 5.94. The van der Waals surface area contributed by atoms with E-state index in [9.17, 15) is 9.59 Å². The van der Waals surface area contributed by atoms with Gasteiger partial charge < -0.3 is 19.3 Å². The molecule has 0 unspecified atom stereocenters. The van der Waals surface area contributed by atoms with Crippen LogP contribution < -0.4 is 4.74 Å². The highest BCUT2D eigenvalue weighted by atomic mass is 16.6. The lowest BCUT2D eigenvalue weighted by atomic mass is 9.99. The van der Waals surface area contributed by atoms with Crippen LogP contribution in [0.25, 0.3) is 11.1 Å². The van der Waals surface area contributed by atoms with Gasteiger partial charge in [0.1, 0.15) is 11.4 Å². The SMILES string of the molecule is COc1ccc(-c2ccc(CN(C(=O)c3ccc(C)cc3)C3CCN(C(=O)OC(C)(C)C)CC3)cc2)cc1. The fourth-order valence-electron chi connectivity index (χ4n) is 4.70. The van der Waals surface area contributed by atoms with E-state index < -0.39 is 5.60 Å². The smallest absolute Gasteiger partial charge is 0.410 e.